The van der Waals surface area contributed by atoms with Crippen LogP contribution in [0.25, 0.3) is 0 Å². The van der Waals surface area contributed by atoms with Crippen LogP contribution in [0.15, 0.2) is 71.8 Å². The van der Waals surface area contributed by atoms with Crippen molar-refractivity contribution < 1.29 is 32.6 Å². The quantitative estimate of drug-likeness (QED) is 0.229. The third kappa shape index (κ3) is 8.62. The minimum atomic E-state index is -0.889. The number of hydrogen-bond donors (Lipinski definition) is 3. The zero-order valence-corrected chi connectivity index (χ0v) is 22.2. The Morgan fingerprint density at radius 3 is 2.35 bits per heavy atom. The topological polar surface area (TPSA) is 118 Å². The zero-order chi connectivity index (χ0) is 29.1. The van der Waals surface area contributed by atoms with Crippen LogP contribution < -0.4 is 25.5 Å². The molecule has 3 aromatic rings. The summed E-state index contributed by atoms with van der Waals surface area (Å²) in [4.78, 5) is 37.4. The number of carbonyl (C=O) groups is 3. The number of halogens is 2. The molecule has 0 radical (unpaired) electrons. The minimum Gasteiger partial charge on any atom is -0.490 e. The molecule has 0 fully saturated rings. The predicted molar refractivity (Wildman–Crippen MR) is 146 cm³/mol. The fourth-order valence-corrected chi connectivity index (χ4v) is 3.49. The van der Waals surface area contributed by atoms with Crippen LogP contribution in [0.1, 0.15) is 36.7 Å². The first-order valence-corrected chi connectivity index (χ1v) is 12.5. The van der Waals surface area contributed by atoms with Gasteiger partial charge in [-0.3, -0.25) is 14.4 Å². The van der Waals surface area contributed by atoms with E-state index in [-0.39, 0.29) is 29.5 Å². The molecule has 3 rings (SSSR count). The monoisotopic (exact) mass is 552 g/mol. The van der Waals surface area contributed by atoms with Crippen molar-refractivity contribution in [1.82, 2.24) is 10.7 Å². The second-order valence-electron chi connectivity index (χ2n) is 8.89. The van der Waals surface area contributed by atoms with E-state index < -0.39 is 35.4 Å². The summed E-state index contributed by atoms with van der Waals surface area (Å²) in [7, 11) is 0. The molecule has 0 saturated carbocycles. The van der Waals surface area contributed by atoms with Gasteiger partial charge in [0.05, 0.1) is 18.5 Å². The van der Waals surface area contributed by atoms with Crippen molar-refractivity contribution >= 4 is 29.6 Å². The fourth-order valence-electron chi connectivity index (χ4n) is 3.49. The number of carbonyl (C=O) groups excluding carboxylic acids is 3. The zero-order valence-electron chi connectivity index (χ0n) is 22.2. The van der Waals surface area contributed by atoms with Crippen molar-refractivity contribution in [2.75, 3.05) is 18.5 Å². The van der Waals surface area contributed by atoms with Gasteiger partial charge in [-0.15, -0.1) is 0 Å². The number of benzene rings is 3. The Hall–Kier alpha value is -4.80. The summed E-state index contributed by atoms with van der Waals surface area (Å²) in [5, 5.41) is 9.05. The van der Waals surface area contributed by atoms with Crippen LogP contribution in [0.3, 0.4) is 0 Å². The molecule has 0 aliphatic heterocycles. The molecule has 0 aliphatic carbocycles. The van der Waals surface area contributed by atoms with E-state index in [1.807, 2.05) is 0 Å². The Morgan fingerprint density at radius 2 is 1.68 bits per heavy atom. The average molecular weight is 553 g/mol. The summed E-state index contributed by atoms with van der Waals surface area (Å²) in [6, 6.07) is 14.7. The number of hydrogen-bond acceptors (Lipinski definition) is 6. The highest BCUT2D eigenvalue weighted by Crippen LogP contribution is 2.28. The number of para-hydroxylation sites is 1. The number of rotatable bonds is 12. The van der Waals surface area contributed by atoms with Crippen molar-refractivity contribution in [2.24, 2.45) is 11.0 Å². The summed E-state index contributed by atoms with van der Waals surface area (Å²) >= 11 is 0. The van der Waals surface area contributed by atoms with E-state index in [9.17, 15) is 23.2 Å². The first-order chi connectivity index (χ1) is 19.2. The Kier molecular flexibility index (Phi) is 10.7. The lowest BCUT2D eigenvalue weighted by Crippen LogP contribution is -2.48. The molecule has 0 saturated heterocycles. The van der Waals surface area contributed by atoms with Gasteiger partial charge in [0.1, 0.15) is 17.7 Å². The standard InChI is InChI=1S/C29H30F2N4O5/c1-4-39-25-15-19(9-14-24(25)40-17-26(36)33-23-8-6-5-7-22(23)31)16-32-35-29(38)27(18(2)3)34-28(37)20-10-12-21(30)13-11-20/h5-16,18,27H,4,17H2,1-3H3,(H,33,36)(H,34,37)(H,35,38)/b32-16+. The van der Waals surface area contributed by atoms with Gasteiger partial charge in [0, 0.05) is 5.56 Å². The predicted octanol–water partition coefficient (Wildman–Crippen LogP) is 4.29. The molecule has 0 heterocycles. The highest BCUT2D eigenvalue weighted by atomic mass is 19.1. The largest absolute Gasteiger partial charge is 0.490 e. The van der Waals surface area contributed by atoms with Crippen molar-refractivity contribution in [1.29, 1.82) is 0 Å². The fraction of sp³-hybridized carbons (Fsp3) is 0.241. The average Bonchev–Trinajstić information content (AvgIpc) is 2.92. The van der Waals surface area contributed by atoms with Gasteiger partial charge in [-0.05, 0) is 73.0 Å². The molecule has 40 heavy (non-hydrogen) atoms. The molecule has 0 spiro atoms. The van der Waals surface area contributed by atoms with Crippen LogP contribution in [0.4, 0.5) is 14.5 Å². The molecule has 0 aliphatic rings. The maximum absolute atomic E-state index is 13.8. The number of amides is 3. The molecule has 3 aromatic carbocycles. The molecule has 1 atom stereocenters. The van der Waals surface area contributed by atoms with Crippen molar-refractivity contribution in [2.45, 2.75) is 26.8 Å². The van der Waals surface area contributed by atoms with Gasteiger partial charge >= 0.3 is 0 Å². The summed E-state index contributed by atoms with van der Waals surface area (Å²) < 4.78 is 38.1. The summed E-state index contributed by atoms with van der Waals surface area (Å²) in [6.45, 7) is 5.25. The molecule has 1 unspecified atom stereocenters. The summed E-state index contributed by atoms with van der Waals surface area (Å²) in [5.74, 6) is -2.26. The highest BCUT2D eigenvalue weighted by molar-refractivity contribution is 5.97. The van der Waals surface area contributed by atoms with E-state index in [0.717, 1.165) is 12.1 Å². The van der Waals surface area contributed by atoms with Gasteiger partial charge in [-0.2, -0.15) is 5.10 Å². The van der Waals surface area contributed by atoms with Crippen LogP contribution in [-0.2, 0) is 9.59 Å². The number of anilines is 1. The lowest BCUT2D eigenvalue weighted by Gasteiger charge is -2.20. The van der Waals surface area contributed by atoms with Crippen molar-refractivity contribution in [3.05, 3.63) is 89.5 Å². The van der Waals surface area contributed by atoms with Gasteiger partial charge in [0.25, 0.3) is 17.7 Å². The van der Waals surface area contributed by atoms with E-state index in [2.05, 4.69) is 21.2 Å². The van der Waals surface area contributed by atoms with Crippen LogP contribution in [0, 0.1) is 17.6 Å². The highest BCUT2D eigenvalue weighted by Gasteiger charge is 2.24. The second-order valence-corrected chi connectivity index (χ2v) is 8.89. The smallest absolute Gasteiger partial charge is 0.262 e. The SMILES string of the molecule is CCOc1cc(/C=N/NC(=O)C(NC(=O)c2ccc(F)cc2)C(C)C)ccc1OCC(=O)Nc1ccccc1F. The van der Waals surface area contributed by atoms with E-state index in [1.54, 1.807) is 45.0 Å². The second kappa shape index (κ2) is 14.4. The lowest BCUT2D eigenvalue weighted by molar-refractivity contribution is -0.124. The minimum absolute atomic E-state index is 0.0458. The Balaban J connectivity index is 1.60. The van der Waals surface area contributed by atoms with Crippen molar-refractivity contribution in [3.63, 3.8) is 0 Å². The molecule has 11 heteroatoms. The molecule has 0 bridgehead atoms. The van der Waals surface area contributed by atoms with E-state index >= 15 is 0 Å². The van der Waals surface area contributed by atoms with E-state index in [4.69, 9.17) is 9.47 Å². The van der Waals surface area contributed by atoms with Gasteiger partial charge in [0.15, 0.2) is 18.1 Å². The summed E-state index contributed by atoms with van der Waals surface area (Å²) in [6.07, 6.45) is 1.38. The third-order valence-electron chi connectivity index (χ3n) is 5.50. The van der Waals surface area contributed by atoms with E-state index in [1.165, 1.54) is 36.5 Å². The number of hydrazone groups is 1. The lowest BCUT2D eigenvalue weighted by atomic mass is 10.0. The van der Waals surface area contributed by atoms with E-state index in [0.29, 0.717) is 17.9 Å². The molecule has 9 nitrogen and oxygen atoms in total. The molecular weight excluding hydrogens is 522 g/mol. The number of nitrogens with zero attached hydrogens (tertiary/aromatic N) is 1. The van der Waals surface area contributed by atoms with Gasteiger partial charge < -0.3 is 20.1 Å². The summed E-state index contributed by atoms with van der Waals surface area (Å²) in [5.41, 5.74) is 3.24. The number of nitrogens with one attached hydrogen (secondary N) is 3. The van der Waals surface area contributed by atoms with Crippen LogP contribution in [0.2, 0.25) is 0 Å². The number of ether oxygens (including phenoxy) is 2. The Bertz CT molecular complexity index is 1360. The first kappa shape index (κ1) is 29.8. The normalized spacial score (nSPS) is 11.7. The van der Waals surface area contributed by atoms with Gasteiger partial charge in [0.2, 0.25) is 0 Å². The Morgan fingerprint density at radius 1 is 0.950 bits per heavy atom. The van der Waals surface area contributed by atoms with Crippen molar-refractivity contribution in [3.8, 4) is 11.5 Å². The molecule has 3 N–H and O–H groups in total. The first-order valence-electron chi connectivity index (χ1n) is 12.5. The van der Waals surface area contributed by atoms with Crippen LogP contribution >= 0.6 is 0 Å². The molecule has 0 aromatic heterocycles. The maximum atomic E-state index is 13.8. The van der Waals surface area contributed by atoms with Gasteiger partial charge in [-0.1, -0.05) is 26.0 Å². The maximum Gasteiger partial charge on any atom is 0.262 e. The van der Waals surface area contributed by atoms with Crippen LogP contribution in [0.5, 0.6) is 11.5 Å². The van der Waals surface area contributed by atoms with Gasteiger partial charge in [-0.25, -0.2) is 14.2 Å². The molecular formula is C29H30F2N4O5. The Labute approximate surface area is 230 Å². The third-order valence-corrected chi connectivity index (χ3v) is 5.50. The van der Waals surface area contributed by atoms with Crippen LogP contribution in [-0.4, -0.2) is 43.2 Å². The molecule has 210 valence electrons. The molecule has 3 amide bonds.